The molecule has 0 fully saturated rings. The first-order valence-corrected chi connectivity index (χ1v) is 3.12. The minimum Gasteiger partial charge on any atom is -0.389 e. The molecule has 1 aliphatic carbocycles. The lowest BCUT2D eigenvalue weighted by molar-refractivity contribution is 0.203. The monoisotopic (exact) mass is 123 g/mol. The zero-order valence-electron chi connectivity index (χ0n) is 5.17. The quantitative estimate of drug-likeness (QED) is 0.521. The Hall–Kier alpha value is -0.810. The van der Waals surface area contributed by atoms with Crippen LogP contribution >= 0.6 is 0 Å². The number of nitrogens with zero attached hydrogens (tertiary/aromatic N) is 1. The second-order valence-electron chi connectivity index (χ2n) is 2.26. The van der Waals surface area contributed by atoms with Crippen LogP contribution in [0.25, 0.3) is 0 Å². The van der Waals surface area contributed by atoms with Crippen molar-refractivity contribution in [2.45, 2.75) is 25.4 Å². The summed E-state index contributed by atoms with van der Waals surface area (Å²) in [5, 5.41) is 17.4. The number of hydrogen-bond donors (Lipinski definition) is 1. The lowest BCUT2D eigenvalue weighted by Gasteiger charge is -2.11. The van der Waals surface area contributed by atoms with Gasteiger partial charge < -0.3 is 5.11 Å². The van der Waals surface area contributed by atoms with Gasteiger partial charge in [-0.2, -0.15) is 5.26 Å². The number of allylic oxidation sites excluding steroid dienone is 1. The molecule has 0 saturated carbocycles. The average Bonchev–Trinajstić information content (AvgIpc) is 1.88. The van der Waals surface area contributed by atoms with Gasteiger partial charge in [-0.05, 0) is 25.3 Å². The molecule has 0 aromatic carbocycles. The predicted molar refractivity (Wildman–Crippen MR) is 33.6 cm³/mol. The van der Waals surface area contributed by atoms with Crippen molar-refractivity contribution in [1.29, 1.82) is 5.26 Å². The summed E-state index contributed by atoms with van der Waals surface area (Å²) >= 11 is 0. The van der Waals surface area contributed by atoms with Crippen LogP contribution in [0.15, 0.2) is 11.6 Å². The fourth-order valence-electron chi connectivity index (χ4n) is 0.994. The van der Waals surface area contributed by atoms with E-state index in [1.165, 1.54) is 0 Å². The smallest absolute Gasteiger partial charge is 0.0944 e. The molecule has 2 heteroatoms. The molecular weight excluding hydrogens is 114 g/mol. The number of aliphatic hydroxyl groups is 1. The summed E-state index contributed by atoms with van der Waals surface area (Å²) in [4.78, 5) is 0. The van der Waals surface area contributed by atoms with Gasteiger partial charge in [0.15, 0.2) is 0 Å². The third kappa shape index (κ3) is 1.55. The van der Waals surface area contributed by atoms with Gasteiger partial charge in [-0.3, -0.25) is 0 Å². The van der Waals surface area contributed by atoms with Crippen LogP contribution in [-0.2, 0) is 0 Å². The van der Waals surface area contributed by atoms with Crippen LogP contribution in [0.1, 0.15) is 19.3 Å². The van der Waals surface area contributed by atoms with Gasteiger partial charge in [0.2, 0.25) is 0 Å². The molecule has 1 rings (SSSR count). The molecule has 0 heterocycles. The van der Waals surface area contributed by atoms with Gasteiger partial charge >= 0.3 is 0 Å². The van der Waals surface area contributed by atoms with E-state index in [0.717, 1.165) is 24.8 Å². The first-order valence-electron chi connectivity index (χ1n) is 3.12. The van der Waals surface area contributed by atoms with Gasteiger partial charge in [0, 0.05) is 5.57 Å². The normalized spacial score (nSPS) is 26.7. The van der Waals surface area contributed by atoms with Crippen molar-refractivity contribution >= 4 is 0 Å². The Morgan fingerprint density at radius 3 is 3.00 bits per heavy atom. The van der Waals surface area contributed by atoms with E-state index in [2.05, 4.69) is 0 Å². The maximum absolute atomic E-state index is 8.98. The van der Waals surface area contributed by atoms with E-state index in [9.17, 15) is 0 Å². The standard InChI is InChI=1S/C7H9NO/c8-5-6-2-1-3-7(9)4-6/h4,7,9H,1-3H2/t7-/m1/s1. The second-order valence-corrected chi connectivity index (χ2v) is 2.26. The van der Waals surface area contributed by atoms with Gasteiger partial charge in [-0.15, -0.1) is 0 Å². The fourth-order valence-corrected chi connectivity index (χ4v) is 0.994. The molecule has 0 radical (unpaired) electrons. The Morgan fingerprint density at radius 2 is 2.56 bits per heavy atom. The SMILES string of the molecule is N#CC1=C[C@H](O)CCC1. The van der Waals surface area contributed by atoms with Crippen molar-refractivity contribution in [1.82, 2.24) is 0 Å². The van der Waals surface area contributed by atoms with E-state index in [-0.39, 0.29) is 6.10 Å². The molecule has 0 aromatic rings. The van der Waals surface area contributed by atoms with Crippen molar-refractivity contribution in [3.05, 3.63) is 11.6 Å². The van der Waals surface area contributed by atoms with Crippen LogP contribution < -0.4 is 0 Å². The van der Waals surface area contributed by atoms with Crippen molar-refractivity contribution < 1.29 is 5.11 Å². The molecule has 0 aromatic heterocycles. The lowest BCUT2D eigenvalue weighted by atomic mass is 9.99. The maximum atomic E-state index is 8.98. The number of hydrogen-bond acceptors (Lipinski definition) is 2. The summed E-state index contributed by atoms with van der Waals surface area (Å²) < 4.78 is 0. The Labute approximate surface area is 54.4 Å². The second kappa shape index (κ2) is 2.65. The molecule has 1 aliphatic rings. The molecule has 0 amide bonds. The highest BCUT2D eigenvalue weighted by Gasteiger charge is 2.08. The van der Waals surface area contributed by atoms with Crippen molar-refractivity contribution in [2.24, 2.45) is 0 Å². The predicted octanol–water partition coefficient (Wildman–Crippen LogP) is 0.981. The number of aliphatic hydroxyl groups excluding tert-OH is 1. The Bertz CT molecular complexity index is 166. The van der Waals surface area contributed by atoms with Crippen LogP contribution in [0.5, 0.6) is 0 Å². The minimum atomic E-state index is -0.367. The molecule has 0 aliphatic heterocycles. The molecule has 48 valence electrons. The topological polar surface area (TPSA) is 44.0 Å². The number of nitriles is 1. The summed E-state index contributed by atoms with van der Waals surface area (Å²) in [5.74, 6) is 0. The third-order valence-electron chi connectivity index (χ3n) is 1.48. The molecule has 0 saturated heterocycles. The van der Waals surface area contributed by atoms with Crippen molar-refractivity contribution in [3.8, 4) is 6.07 Å². The average molecular weight is 123 g/mol. The first kappa shape index (κ1) is 6.31. The molecule has 0 unspecified atom stereocenters. The highest BCUT2D eigenvalue weighted by molar-refractivity contribution is 5.23. The van der Waals surface area contributed by atoms with E-state index in [4.69, 9.17) is 10.4 Å². The van der Waals surface area contributed by atoms with Crippen LogP contribution in [-0.4, -0.2) is 11.2 Å². The minimum absolute atomic E-state index is 0.367. The van der Waals surface area contributed by atoms with E-state index >= 15 is 0 Å². The summed E-state index contributed by atoms with van der Waals surface area (Å²) in [6.07, 6.45) is 3.87. The molecular formula is C7H9NO. The third-order valence-corrected chi connectivity index (χ3v) is 1.48. The van der Waals surface area contributed by atoms with Gasteiger partial charge in [-0.1, -0.05) is 0 Å². The van der Waals surface area contributed by atoms with Crippen molar-refractivity contribution in [3.63, 3.8) is 0 Å². The molecule has 2 nitrogen and oxygen atoms in total. The van der Waals surface area contributed by atoms with Gasteiger partial charge in [-0.25, -0.2) is 0 Å². The zero-order valence-corrected chi connectivity index (χ0v) is 5.17. The number of rotatable bonds is 0. The Balaban J connectivity index is 2.62. The maximum Gasteiger partial charge on any atom is 0.0944 e. The van der Waals surface area contributed by atoms with E-state index in [1.54, 1.807) is 6.08 Å². The van der Waals surface area contributed by atoms with Crippen molar-refractivity contribution in [2.75, 3.05) is 0 Å². The summed E-state index contributed by atoms with van der Waals surface area (Å²) in [6, 6.07) is 2.04. The molecule has 1 atom stereocenters. The van der Waals surface area contributed by atoms with E-state index in [1.807, 2.05) is 6.07 Å². The fraction of sp³-hybridized carbons (Fsp3) is 0.571. The molecule has 0 spiro atoms. The van der Waals surface area contributed by atoms with Crippen LogP contribution in [0.3, 0.4) is 0 Å². The molecule has 9 heavy (non-hydrogen) atoms. The summed E-state index contributed by atoms with van der Waals surface area (Å²) in [7, 11) is 0. The first-order chi connectivity index (χ1) is 4.33. The van der Waals surface area contributed by atoms with Gasteiger partial charge in [0.1, 0.15) is 0 Å². The highest BCUT2D eigenvalue weighted by Crippen LogP contribution is 2.16. The lowest BCUT2D eigenvalue weighted by Crippen LogP contribution is -2.07. The van der Waals surface area contributed by atoms with E-state index < -0.39 is 0 Å². The summed E-state index contributed by atoms with van der Waals surface area (Å²) in [6.45, 7) is 0. The Kier molecular flexibility index (Phi) is 1.86. The Morgan fingerprint density at radius 1 is 1.78 bits per heavy atom. The molecule has 1 N–H and O–H groups in total. The van der Waals surface area contributed by atoms with E-state index in [0.29, 0.717) is 0 Å². The van der Waals surface area contributed by atoms with Crippen LogP contribution in [0, 0.1) is 11.3 Å². The molecule has 0 bridgehead atoms. The summed E-state index contributed by atoms with van der Waals surface area (Å²) in [5.41, 5.74) is 0.730. The highest BCUT2D eigenvalue weighted by atomic mass is 16.3. The van der Waals surface area contributed by atoms with Crippen LogP contribution in [0.2, 0.25) is 0 Å². The zero-order chi connectivity index (χ0) is 6.69. The largest absolute Gasteiger partial charge is 0.389 e. The van der Waals surface area contributed by atoms with Crippen LogP contribution in [0.4, 0.5) is 0 Å². The van der Waals surface area contributed by atoms with Gasteiger partial charge in [0.05, 0.1) is 12.2 Å². The van der Waals surface area contributed by atoms with Gasteiger partial charge in [0.25, 0.3) is 0 Å².